The number of hydrogen-bond donors (Lipinski definition) is 2. The molecule has 2 N–H and O–H groups in total. The second-order valence-corrected chi connectivity index (χ2v) is 15.5. The summed E-state index contributed by atoms with van der Waals surface area (Å²) in [5.74, 6) is -1.09. The number of esters is 2. The van der Waals surface area contributed by atoms with Crippen LogP contribution < -0.4 is 15.4 Å². The first-order valence-corrected chi connectivity index (χ1v) is 19.2. The lowest BCUT2D eigenvalue weighted by Gasteiger charge is -2.38. The van der Waals surface area contributed by atoms with Gasteiger partial charge in [-0.15, -0.1) is 0 Å². The number of rotatable bonds is 16. The zero-order valence-electron chi connectivity index (χ0n) is 32.6. The van der Waals surface area contributed by atoms with Crippen LogP contribution in [-0.2, 0) is 36.9 Å². The minimum Gasteiger partial charge on any atom is -0.489 e. The normalized spacial score (nSPS) is 15.6. The molecule has 0 bridgehead atoms. The van der Waals surface area contributed by atoms with Gasteiger partial charge in [-0.1, -0.05) is 92.7 Å². The lowest BCUT2D eigenvalue weighted by atomic mass is 9.96. The number of para-hydroxylation sites is 1. The van der Waals surface area contributed by atoms with Gasteiger partial charge in [0.15, 0.2) is 5.75 Å². The van der Waals surface area contributed by atoms with Gasteiger partial charge >= 0.3 is 11.9 Å². The Kier molecular flexibility index (Phi) is 14.4. The van der Waals surface area contributed by atoms with Gasteiger partial charge in [-0.25, -0.2) is 4.79 Å². The lowest BCUT2D eigenvalue weighted by Crippen LogP contribution is -2.59. The number of fused-ring (bicyclic) bond motifs is 1. The summed E-state index contributed by atoms with van der Waals surface area (Å²) in [7, 11) is 0. The Balaban J connectivity index is 1.35. The standard InChI is InChI=1S/C44H54N4O7/c1-30(2)24-36(46-27-39(49)55-44(3,4)5)42(51)48-23-15-14-22-37(48)41(50)47-33(25-31-16-8-6-9-17-31)29-53-38-26-45-35-21-13-12-20-34(35)40(38)43(52)54-28-32-18-10-7-11-19-32/h6-13,16-21,26,30,33,36-37,46H,14-15,22-25,27-29H2,1-5H3,(H,47,50)/t33-,36+,37-/m1/s1. The van der Waals surface area contributed by atoms with Crippen LogP contribution in [0.3, 0.4) is 0 Å². The molecule has 1 aliphatic heterocycles. The van der Waals surface area contributed by atoms with Crippen LogP contribution in [0.25, 0.3) is 10.9 Å². The third-order valence-electron chi connectivity index (χ3n) is 9.28. The van der Waals surface area contributed by atoms with E-state index in [-0.39, 0.29) is 48.8 Å². The van der Waals surface area contributed by atoms with Crippen molar-refractivity contribution in [3.63, 3.8) is 0 Å². The molecule has 11 nitrogen and oxygen atoms in total. The number of likely N-dealkylation sites (tertiary alicyclic amines) is 1. The fraction of sp³-hybridized carbons (Fsp3) is 0.432. The summed E-state index contributed by atoms with van der Waals surface area (Å²) in [6.07, 6.45) is 4.51. The molecule has 1 aliphatic rings. The van der Waals surface area contributed by atoms with E-state index in [2.05, 4.69) is 15.6 Å². The fourth-order valence-electron chi connectivity index (χ4n) is 6.77. The molecule has 0 unspecified atom stereocenters. The number of carbonyl (C=O) groups excluding carboxylic acids is 4. The summed E-state index contributed by atoms with van der Waals surface area (Å²) >= 11 is 0. The van der Waals surface area contributed by atoms with Gasteiger partial charge in [0, 0.05) is 11.9 Å². The number of aromatic nitrogens is 1. The van der Waals surface area contributed by atoms with E-state index in [0.717, 1.165) is 24.0 Å². The average Bonchev–Trinajstić information content (AvgIpc) is 3.17. The zero-order chi connectivity index (χ0) is 39.4. The molecule has 0 radical (unpaired) electrons. The van der Waals surface area contributed by atoms with Crippen LogP contribution in [0, 0.1) is 5.92 Å². The van der Waals surface area contributed by atoms with Crippen LogP contribution in [0.5, 0.6) is 5.75 Å². The number of piperidine rings is 1. The number of ether oxygens (including phenoxy) is 3. The van der Waals surface area contributed by atoms with Crippen LogP contribution in [0.4, 0.5) is 0 Å². The first kappa shape index (κ1) is 40.9. The number of hydrogen-bond acceptors (Lipinski definition) is 9. The molecule has 4 aromatic rings. The molecule has 1 aromatic heterocycles. The Morgan fingerprint density at radius 3 is 2.25 bits per heavy atom. The van der Waals surface area contributed by atoms with Crippen molar-refractivity contribution in [2.45, 2.75) is 97.1 Å². The molecule has 3 atom stereocenters. The summed E-state index contributed by atoms with van der Waals surface area (Å²) < 4.78 is 17.6. The fourth-order valence-corrected chi connectivity index (χ4v) is 6.77. The molecule has 5 rings (SSSR count). The summed E-state index contributed by atoms with van der Waals surface area (Å²) in [4.78, 5) is 60.8. The molecule has 11 heteroatoms. The molecule has 292 valence electrons. The summed E-state index contributed by atoms with van der Waals surface area (Å²) in [6, 6.07) is 24.6. The molecule has 2 heterocycles. The molecular weight excluding hydrogens is 697 g/mol. The second kappa shape index (κ2) is 19.3. The van der Waals surface area contributed by atoms with Crippen molar-refractivity contribution in [1.29, 1.82) is 0 Å². The van der Waals surface area contributed by atoms with Gasteiger partial charge in [0.05, 0.1) is 30.3 Å². The van der Waals surface area contributed by atoms with Gasteiger partial charge in [-0.2, -0.15) is 0 Å². The predicted octanol–water partition coefficient (Wildman–Crippen LogP) is 6.43. The van der Waals surface area contributed by atoms with Gasteiger partial charge in [-0.05, 0) is 76.0 Å². The smallest absolute Gasteiger partial charge is 0.343 e. The molecule has 1 saturated heterocycles. The van der Waals surface area contributed by atoms with Gasteiger partial charge < -0.3 is 24.4 Å². The second-order valence-electron chi connectivity index (χ2n) is 15.5. The van der Waals surface area contributed by atoms with Gasteiger partial charge in [0.25, 0.3) is 0 Å². The van der Waals surface area contributed by atoms with Crippen LogP contribution in [0.15, 0.2) is 91.1 Å². The van der Waals surface area contributed by atoms with Crippen molar-refractivity contribution < 1.29 is 33.4 Å². The number of nitrogens with zero attached hydrogens (tertiary/aromatic N) is 2. The number of nitrogens with one attached hydrogen (secondary N) is 2. The summed E-state index contributed by atoms with van der Waals surface area (Å²) in [5, 5.41) is 6.91. The van der Waals surface area contributed by atoms with Crippen LogP contribution in [0.2, 0.25) is 0 Å². The largest absolute Gasteiger partial charge is 0.489 e. The Hall–Kier alpha value is -5.29. The first-order valence-electron chi connectivity index (χ1n) is 19.2. The molecule has 0 spiro atoms. The Morgan fingerprint density at radius 2 is 1.56 bits per heavy atom. The number of benzene rings is 3. The maximum atomic E-state index is 14.2. The highest BCUT2D eigenvalue weighted by molar-refractivity contribution is 6.05. The predicted molar refractivity (Wildman–Crippen MR) is 211 cm³/mol. The van der Waals surface area contributed by atoms with E-state index in [4.69, 9.17) is 14.2 Å². The van der Waals surface area contributed by atoms with Gasteiger partial charge in [0.2, 0.25) is 11.8 Å². The number of carbonyl (C=O) groups is 4. The topological polar surface area (TPSA) is 136 Å². The monoisotopic (exact) mass is 750 g/mol. The quantitative estimate of drug-likeness (QED) is 0.124. The van der Waals surface area contributed by atoms with Crippen molar-refractivity contribution in [2.24, 2.45) is 5.92 Å². The first-order chi connectivity index (χ1) is 26.4. The van der Waals surface area contributed by atoms with E-state index in [0.29, 0.717) is 36.7 Å². The molecule has 1 fully saturated rings. The van der Waals surface area contributed by atoms with Crippen molar-refractivity contribution in [2.75, 3.05) is 19.7 Å². The van der Waals surface area contributed by atoms with Crippen LogP contribution in [-0.4, -0.2) is 77.1 Å². The van der Waals surface area contributed by atoms with Crippen molar-refractivity contribution in [3.8, 4) is 5.75 Å². The van der Waals surface area contributed by atoms with Gasteiger partial charge in [-0.3, -0.25) is 24.7 Å². The zero-order valence-corrected chi connectivity index (χ0v) is 32.6. The van der Waals surface area contributed by atoms with E-state index in [9.17, 15) is 19.2 Å². The number of pyridine rings is 1. The van der Waals surface area contributed by atoms with Crippen LogP contribution in [0.1, 0.15) is 81.8 Å². The van der Waals surface area contributed by atoms with Crippen molar-refractivity contribution in [3.05, 3.63) is 108 Å². The molecule has 0 saturated carbocycles. The van der Waals surface area contributed by atoms with E-state index >= 15 is 0 Å². The number of amides is 2. The third-order valence-corrected chi connectivity index (χ3v) is 9.28. The van der Waals surface area contributed by atoms with Crippen molar-refractivity contribution in [1.82, 2.24) is 20.5 Å². The van der Waals surface area contributed by atoms with E-state index in [1.165, 1.54) is 6.20 Å². The molecule has 0 aliphatic carbocycles. The summed E-state index contributed by atoms with van der Waals surface area (Å²) in [6.45, 7) is 9.85. The summed E-state index contributed by atoms with van der Waals surface area (Å²) in [5.41, 5.74) is 2.06. The van der Waals surface area contributed by atoms with Gasteiger partial charge in [0.1, 0.15) is 30.4 Å². The molecule has 2 amide bonds. The highest BCUT2D eigenvalue weighted by Gasteiger charge is 2.37. The maximum Gasteiger partial charge on any atom is 0.343 e. The van der Waals surface area contributed by atoms with E-state index in [1.54, 1.807) is 31.7 Å². The minimum absolute atomic E-state index is 0.0215. The maximum absolute atomic E-state index is 14.2. The van der Waals surface area contributed by atoms with Crippen LogP contribution >= 0.6 is 0 Å². The average molecular weight is 751 g/mol. The SMILES string of the molecule is CC(C)C[C@H](NCC(=O)OC(C)(C)C)C(=O)N1CCCC[C@@H]1C(=O)N[C@@H](COc1cnc2ccccc2c1C(=O)OCc1ccccc1)Cc1ccccc1. The third kappa shape index (κ3) is 12.1. The van der Waals surface area contributed by atoms with E-state index < -0.39 is 35.7 Å². The Labute approximate surface area is 324 Å². The Bertz CT molecular complexity index is 1890. The Morgan fingerprint density at radius 1 is 0.891 bits per heavy atom. The molecule has 55 heavy (non-hydrogen) atoms. The highest BCUT2D eigenvalue weighted by atomic mass is 16.6. The van der Waals surface area contributed by atoms with Crippen molar-refractivity contribution >= 4 is 34.7 Å². The highest BCUT2D eigenvalue weighted by Crippen LogP contribution is 2.28. The molecular formula is C44H54N4O7. The minimum atomic E-state index is -0.705. The van der Waals surface area contributed by atoms with E-state index in [1.807, 2.05) is 92.7 Å². The lowest BCUT2D eigenvalue weighted by molar-refractivity contribution is -0.154. The molecule has 3 aromatic carbocycles.